The molecule has 0 saturated carbocycles. The van der Waals surface area contributed by atoms with E-state index in [0.29, 0.717) is 0 Å². The van der Waals surface area contributed by atoms with Crippen molar-refractivity contribution in [3.8, 4) is 0 Å². The van der Waals surface area contributed by atoms with Gasteiger partial charge in [-0.25, -0.2) is 0 Å². The van der Waals surface area contributed by atoms with Crippen molar-refractivity contribution in [2.75, 3.05) is 13.1 Å². The number of hydrogen-bond donors (Lipinski definition) is 0. The molecule has 0 aliphatic carbocycles. The topological polar surface area (TPSA) is 3.24 Å². The van der Waals surface area contributed by atoms with Crippen molar-refractivity contribution >= 4 is 28.5 Å². The number of hydrogen-bond acceptors (Lipinski definition) is 1. The van der Waals surface area contributed by atoms with Crippen LogP contribution in [0.3, 0.4) is 0 Å². The first-order valence-corrected chi connectivity index (χ1v) is 14.2. The molecule has 0 radical (unpaired) electrons. The summed E-state index contributed by atoms with van der Waals surface area (Å²) in [5, 5.41) is 4.25. The molecule has 0 saturated heterocycles. The summed E-state index contributed by atoms with van der Waals surface area (Å²) in [4.78, 5) is 0. The maximum Gasteiger partial charge on any atom is 0.0178 e. The highest BCUT2D eigenvalue weighted by atomic mass is 31.2. The van der Waals surface area contributed by atoms with Gasteiger partial charge in [0.1, 0.15) is 0 Å². The molecule has 0 spiro atoms. The molecule has 0 fully saturated rings. The van der Waals surface area contributed by atoms with Crippen molar-refractivity contribution in [2.45, 2.75) is 13.8 Å². The molecular formula is C33H32NP. The Bertz CT molecular complexity index is 1380. The van der Waals surface area contributed by atoms with E-state index in [2.05, 4.69) is 152 Å². The van der Waals surface area contributed by atoms with Crippen LogP contribution in [0.2, 0.25) is 0 Å². The van der Waals surface area contributed by atoms with E-state index in [1.54, 1.807) is 0 Å². The Hall–Kier alpha value is -3.38. The molecule has 1 heterocycles. The summed E-state index contributed by atoms with van der Waals surface area (Å²) in [5.74, 6) is 0. The average molecular weight is 474 g/mol. The Morgan fingerprint density at radius 2 is 0.971 bits per heavy atom. The van der Waals surface area contributed by atoms with Gasteiger partial charge in [-0.05, 0) is 52.8 Å². The van der Waals surface area contributed by atoms with Crippen LogP contribution in [0, 0.1) is 0 Å². The van der Waals surface area contributed by atoms with Crippen molar-refractivity contribution in [2.24, 2.45) is 0 Å². The van der Waals surface area contributed by atoms with Gasteiger partial charge in [0, 0.05) is 17.6 Å². The van der Waals surface area contributed by atoms with Crippen molar-refractivity contribution in [1.82, 2.24) is 4.67 Å². The first-order chi connectivity index (χ1) is 17.3. The number of nitrogens with zero attached hydrogens (tertiary/aromatic N) is 1. The van der Waals surface area contributed by atoms with Crippen LogP contribution in [0.5, 0.6) is 0 Å². The van der Waals surface area contributed by atoms with Crippen molar-refractivity contribution in [3.63, 3.8) is 0 Å². The lowest BCUT2D eigenvalue weighted by Gasteiger charge is -2.44. The third-order valence-corrected chi connectivity index (χ3v) is 11.4. The summed E-state index contributed by atoms with van der Waals surface area (Å²) in [5.41, 5.74) is 5.11. The predicted octanol–water partition coefficient (Wildman–Crippen LogP) is 7.95. The maximum absolute atomic E-state index is 2.72. The first-order valence-electron chi connectivity index (χ1n) is 12.5. The minimum absolute atomic E-state index is 0.980. The summed E-state index contributed by atoms with van der Waals surface area (Å²) in [6.07, 6.45) is 4.94. The molecule has 1 aliphatic rings. The molecule has 0 amide bonds. The zero-order valence-corrected chi connectivity index (χ0v) is 21.4. The van der Waals surface area contributed by atoms with Crippen LogP contribution < -0.4 is 5.30 Å². The van der Waals surface area contributed by atoms with Crippen molar-refractivity contribution in [1.29, 1.82) is 0 Å². The largest absolute Gasteiger partial charge is 0.276 e. The Balaban J connectivity index is 1.99. The van der Waals surface area contributed by atoms with Crippen LogP contribution in [0.15, 0.2) is 133 Å². The van der Waals surface area contributed by atoms with Crippen LogP contribution in [-0.4, -0.2) is 23.1 Å². The summed E-state index contributed by atoms with van der Waals surface area (Å²) in [6, 6.07) is 44.0. The molecular weight excluding hydrogens is 441 g/mol. The molecule has 1 aliphatic heterocycles. The van der Waals surface area contributed by atoms with Gasteiger partial charge in [0.05, 0.1) is 0 Å². The van der Waals surface area contributed by atoms with Gasteiger partial charge >= 0.3 is 0 Å². The molecule has 4 aromatic rings. The highest BCUT2D eigenvalue weighted by Crippen LogP contribution is 2.65. The minimum Gasteiger partial charge on any atom is -0.276 e. The van der Waals surface area contributed by atoms with Gasteiger partial charge in [0.15, 0.2) is 0 Å². The summed E-state index contributed by atoms with van der Waals surface area (Å²) in [6.45, 7) is 6.56. The third-order valence-electron chi connectivity index (χ3n) is 6.81. The number of rotatable bonds is 7. The van der Waals surface area contributed by atoms with Crippen molar-refractivity contribution in [3.05, 3.63) is 150 Å². The highest BCUT2D eigenvalue weighted by Gasteiger charge is 2.37. The predicted molar refractivity (Wildman–Crippen MR) is 155 cm³/mol. The van der Waals surface area contributed by atoms with Crippen LogP contribution in [-0.2, 0) is 0 Å². The Labute approximate surface area is 210 Å². The van der Waals surface area contributed by atoms with Gasteiger partial charge in [0.2, 0.25) is 0 Å². The van der Waals surface area contributed by atoms with Crippen LogP contribution in [0.25, 0.3) is 10.9 Å². The zero-order valence-electron chi connectivity index (χ0n) is 20.5. The normalized spacial score (nSPS) is 17.7. The van der Waals surface area contributed by atoms with Gasteiger partial charge in [-0.15, -0.1) is 0 Å². The van der Waals surface area contributed by atoms with E-state index >= 15 is 0 Å². The second-order valence-corrected chi connectivity index (χ2v) is 12.0. The Morgan fingerprint density at radius 3 is 1.49 bits per heavy atom. The van der Waals surface area contributed by atoms with Crippen LogP contribution in [0.4, 0.5) is 0 Å². The summed E-state index contributed by atoms with van der Waals surface area (Å²) in [7, 11) is -2.14. The summed E-state index contributed by atoms with van der Waals surface area (Å²) < 4.78 is 2.72. The molecule has 4 aromatic carbocycles. The first kappa shape index (κ1) is 23.4. The molecule has 5 rings (SSSR count). The van der Waals surface area contributed by atoms with E-state index in [9.17, 15) is 0 Å². The molecule has 0 aromatic heterocycles. The molecule has 0 bridgehead atoms. The van der Waals surface area contributed by atoms with E-state index in [4.69, 9.17) is 0 Å². The third kappa shape index (κ3) is 4.27. The lowest BCUT2D eigenvalue weighted by Crippen LogP contribution is -2.32. The Morgan fingerprint density at radius 1 is 0.514 bits per heavy atom. The van der Waals surface area contributed by atoms with E-state index in [1.165, 1.54) is 38.2 Å². The van der Waals surface area contributed by atoms with E-state index in [0.717, 1.165) is 13.1 Å². The second kappa shape index (κ2) is 10.5. The molecule has 0 N–H and O–H groups in total. The fourth-order valence-corrected chi connectivity index (χ4v) is 10.1. The van der Waals surface area contributed by atoms with Gasteiger partial charge in [-0.3, -0.25) is 4.67 Å². The van der Waals surface area contributed by atoms with Gasteiger partial charge in [0.25, 0.3) is 0 Å². The van der Waals surface area contributed by atoms with E-state index in [1.807, 2.05) is 0 Å². The fourth-order valence-electron chi connectivity index (χ4n) is 5.25. The molecule has 1 unspecified atom stereocenters. The summed E-state index contributed by atoms with van der Waals surface area (Å²) >= 11 is 0. The minimum atomic E-state index is -2.14. The zero-order chi connectivity index (χ0) is 24.1. The molecule has 1 nitrogen and oxygen atoms in total. The maximum atomic E-state index is 2.72. The Kier molecular flexibility index (Phi) is 7.00. The van der Waals surface area contributed by atoms with Gasteiger partial charge < -0.3 is 0 Å². The lowest BCUT2D eigenvalue weighted by atomic mass is 10.0. The number of allylic oxidation sites excluding steroid dienone is 3. The van der Waals surface area contributed by atoms with Gasteiger partial charge in [-0.2, -0.15) is 0 Å². The monoisotopic (exact) mass is 473 g/mol. The molecule has 35 heavy (non-hydrogen) atoms. The van der Waals surface area contributed by atoms with Crippen LogP contribution in [0.1, 0.15) is 30.5 Å². The molecule has 2 heteroatoms. The SMILES string of the molecule is CCN(CC)P1(c2ccccc2)=C(c2ccccc2)C=C(c2ccccc2)C=C1c1ccccc1. The van der Waals surface area contributed by atoms with Crippen molar-refractivity contribution < 1.29 is 0 Å². The van der Waals surface area contributed by atoms with E-state index in [-0.39, 0.29) is 0 Å². The highest BCUT2D eigenvalue weighted by molar-refractivity contribution is 7.90. The quantitative estimate of drug-likeness (QED) is 0.246. The smallest absolute Gasteiger partial charge is 0.0178 e. The molecule has 174 valence electrons. The standard InChI is InChI=1S/C33H32NP/c1-3-34(4-2)35(31-23-15-8-16-24-31)32(28-19-11-6-12-20-28)25-30(27-17-9-5-10-18-27)26-33(35)29-21-13-7-14-22-29/h5-26H,3-4H2,1-2H3. The van der Waals surface area contributed by atoms with E-state index < -0.39 is 7.04 Å². The second-order valence-electron chi connectivity index (χ2n) is 8.72. The lowest BCUT2D eigenvalue weighted by molar-refractivity contribution is 0.512. The molecule has 1 atom stereocenters. The van der Waals surface area contributed by atoms with Gasteiger partial charge in [-0.1, -0.05) is 135 Å². The average Bonchev–Trinajstić information content (AvgIpc) is 2.95. The fraction of sp³-hybridized carbons (Fsp3) is 0.121. The number of benzene rings is 4. The van der Waals surface area contributed by atoms with Crippen LogP contribution >= 0.6 is 7.04 Å².